The molecule has 2 aliphatic heterocycles. The molecule has 166 valence electrons. The Balaban J connectivity index is 1.51. The average molecular weight is 458 g/mol. The van der Waals surface area contributed by atoms with Crippen molar-refractivity contribution in [2.24, 2.45) is 0 Å². The Hall–Kier alpha value is -3.58. The molecule has 1 fully saturated rings. The van der Waals surface area contributed by atoms with E-state index >= 15 is 0 Å². The Morgan fingerprint density at radius 3 is 2.48 bits per heavy atom. The molecule has 0 saturated carbocycles. The third-order valence-corrected chi connectivity index (χ3v) is 7.35. The van der Waals surface area contributed by atoms with Crippen LogP contribution in [0.4, 0.5) is 17.1 Å². The zero-order chi connectivity index (χ0) is 23.2. The fourth-order valence-electron chi connectivity index (χ4n) is 4.46. The monoisotopic (exact) mass is 457 g/mol. The molecule has 0 radical (unpaired) electrons. The second-order valence-electron chi connectivity index (χ2n) is 8.32. The predicted molar refractivity (Wildman–Crippen MR) is 131 cm³/mol. The maximum atomic E-state index is 14.0. The van der Waals surface area contributed by atoms with Crippen molar-refractivity contribution in [1.29, 1.82) is 0 Å². The van der Waals surface area contributed by atoms with E-state index in [1.807, 2.05) is 86.6 Å². The number of benzene rings is 3. The molecule has 2 heterocycles. The number of thioether (sulfide) groups is 1. The number of anilines is 3. The standard InChI is InChI=1S/C26H23N3O3S/c1-17-10-12-19(13-11-17)27-23(30)15-28-22-9-4-3-8-21(22)26(25(28)32)29(24(31)16-33-26)20-7-5-6-18(2)14-20/h3-14H,15-16H2,1-2H3,(H,27,30)/t26-/m1/s1. The number of carbonyl (C=O) groups excluding carboxylic acids is 3. The first-order valence-corrected chi connectivity index (χ1v) is 11.7. The van der Waals surface area contributed by atoms with Crippen LogP contribution in [0.1, 0.15) is 16.7 Å². The number of aryl methyl sites for hydroxylation is 2. The minimum atomic E-state index is -1.22. The van der Waals surface area contributed by atoms with E-state index < -0.39 is 4.87 Å². The molecule has 33 heavy (non-hydrogen) atoms. The smallest absolute Gasteiger partial charge is 0.269 e. The lowest BCUT2D eigenvalue weighted by Gasteiger charge is -2.33. The summed E-state index contributed by atoms with van der Waals surface area (Å²) in [6.07, 6.45) is 0. The summed E-state index contributed by atoms with van der Waals surface area (Å²) in [5.74, 6) is -0.507. The summed E-state index contributed by atoms with van der Waals surface area (Å²) in [6, 6.07) is 22.5. The van der Waals surface area contributed by atoms with Gasteiger partial charge in [0.2, 0.25) is 16.7 Å². The summed E-state index contributed by atoms with van der Waals surface area (Å²) in [4.78, 5) is 41.8. The van der Waals surface area contributed by atoms with Crippen molar-refractivity contribution >= 4 is 46.5 Å². The largest absolute Gasteiger partial charge is 0.325 e. The summed E-state index contributed by atoms with van der Waals surface area (Å²) in [5.41, 5.74) is 4.83. The van der Waals surface area contributed by atoms with Gasteiger partial charge in [-0.3, -0.25) is 24.2 Å². The SMILES string of the molecule is Cc1ccc(NC(=O)CN2C(=O)[C@]3(SCC(=O)N3c3cccc(C)c3)c3ccccc32)cc1. The maximum absolute atomic E-state index is 14.0. The van der Waals surface area contributed by atoms with Crippen LogP contribution < -0.4 is 15.1 Å². The molecular formula is C26H23N3O3S. The molecular weight excluding hydrogens is 434 g/mol. The third-order valence-electron chi connectivity index (χ3n) is 5.96. The Morgan fingerprint density at radius 1 is 0.970 bits per heavy atom. The van der Waals surface area contributed by atoms with Crippen LogP contribution in [0.15, 0.2) is 72.8 Å². The third kappa shape index (κ3) is 3.49. The van der Waals surface area contributed by atoms with Crippen LogP contribution in [0, 0.1) is 13.8 Å². The number of nitrogens with zero attached hydrogens (tertiary/aromatic N) is 2. The van der Waals surface area contributed by atoms with Gasteiger partial charge in [-0.1, -0.05) is 48.0 Å². The quantitative estimate of drug-likeness (QED) is 0.637. The van der Waals surface area contributed by atoms with Crippen LogP contribution in [0.5, 0.6) is 0 Å². The Morgan fingerprint density at radius 2 is 1.73 bits per heavy atom. The molecule has 1 atom stereocenters. The van der Waals surface area contributed by atoms with Gasteiger partial charge in [-0.2, -0.15) is 0 Å². The summed E-state index contributed by atoms with van der Waals surface area (Å²) >= 11 is 1.31. The van der Waals surface area contributed by atoms with Gasteiger partial charge < -0.3 is 5.32 Å². The number of nitrogens with one attached hydrogen (secondary N) is 1. The fraction of sp³-hybridized carbons (Fsp3) is 0.192. The first-order valence-electron chi connectivity index (χ1n) is 10.7. The van der Waals surface area contributed by atoms with E-state index in [4.69, 9.17) is 0 Å². The molecule has 1 saturated heterocycles. The second kappa shape index (κ2) is 8.08. The molecule has 7 heteroatoms. The van der Waals surface area contributed by atoms with Crippen LogP contribution in [-0.4, -0.2) is 30.0 Å². The van der Waals surface area contributed by atoms with Gasteiger partial charge >= 0.3 is 0 Å². The highest BCUT2D eigenvalue weighted by molar-refractivity contribution is 8.02. The number of rotatable bonds is 4. The van der Waals surface area contributed by atoms with Crippen LogP contribution in [0.3, 0.4) is 0 Å². The Kier molecular flexibility index (Phi) is 5.21. The Labute approximate surface area is 196 Å². The normalized spacial score (nSPS) is 19.3. The van der Waals surface area contributed by atoms with E-state index in [1.165, 1.54) is 16.7 Å². The van der Waals surface area contributed by atoms with E-state index in [-0.39, 0.29) is 30.0 Å². The predicted octanol–water partition coefficient (Wildman–Crippen LogP) is 4.22. The molecule has 0 bridgehead atoms. The van der Waals surface area contributed by atoms with Crippen molar-refractivity contribution in [2.75, 3.05) is 27.4 Å². The molecule has 1 spiro atoms. The summed E-state index contributed by atoms with van der Waals surface area (Å²) < 4.78 is 0. The van der Waals surface area contributed by atoms with Crippen LogP contribution >= 0.6 is 11.8 Å². The van der Waals surface area contributed by atoms with Gasteiger partial charge in [0.05, 0.1) is 11.4 Å². The van der Waals surface area contributed by atoms with Crippen molar-refractivity contribution in [1.82, 2.24) is 0 Å². The van der Waals surface area contributed by atoms with Crippen molar-refractivity contribution < 1.29 is 14.4 Å². The van der Waals surface area contributed by atoms with Gasteiger partial charge in [0, 0.05) is 16.9 Å². The van der Waals surface area contributed by atoms with Gasteiger partial charge in [0.1, 0.15) is 6.54 Å². The molecule has 0 unspecified atom stereocenters. The van der Waals surface area contributed by atoms with Gasteiger partial charge in [0.15, 0.2) is 0 Å². The van der Waals surface area contributed by atoms with E-state index in [9.17, 15) is 14.4 Å². The summed E-state index contributed by atoms with van der Waals surface area (Å²) in [7, 11) is 0. The Bertz CT molecular complexity index is 1270. The molecule has 5 rings (SSSR count). The first kappa shape index (κ1) is 21.3. The number of hydrogen-bond acceptors (Lipinski definition) is 4. The molecule has 0 aliphatic carbocycles. The van der Waals surface area contributed by atoms with E-state index in [0.29, 0.717) is 17.1 Å². The van der Waals surface area contributed by atoms with Crippen molar-refractivity contribution in [3.63, 3.8) is 0 Å². The number of hydrogen-bond donors (Lipinski definition) is 1. The average Bonchev–Trinajstić information content (AvgIpc) is 3.26. The highest BCUT2D eigenvalue weighted by Gasteiger charge is 2.61. The van der Waals surface area contributed by atoms with Crippen molar-refractivity contribution in [3.8, 4) is 0 Å². The van der Waals surface area contributed by atoms with Gasteiger partial charge in [-0.05, 0) is 49.7 Å². The highest BCUT2D eigenvalue weighted by Crippen LogP contribution is 2.55. The number of fused-ring (bicyclic) bond motifs is 2. The molecule has 2 aliphatic rings. The van der Waals surface area contributed by atoms with Crippen LogP contribution in [-0.2, 0) is 19.3 Å². The molecule has 3 amide bonds. The lowest BCUT2D eigenvalue weighted by molar-refractivity contribution is -0.124. The maximum Gasteiger partial charge on any atom is 0.269 e. The summed E-state index contributed by atoms with van der Waals surface area (Å²) in [6.45, 7) is 3.79. The van der Waals surface area contributed by atoms with Crippen LogP contribution in [0.2, 0.25) is 0 Å². The lowest BCUT2D eigenvalue weighted by atomic mass is 10.0. The first-order chi connectivity index (χ1) is 15.9. The van der Waals surface area contributed by atoms with E-state index in [0.717, 1.165) is 16.7 Å². The number of carbonyl (C=O) groups is 3. The number of amides is 3. The zero-order valence-electron chi connectivity index (χ0n) is 18.4. The fourth-order valence-corrected chi connectivity index (χ4v) is 5.82. The molecule has 6 nitrogen and oxygen atoms in total. The highest BCUT2D eigenvalue weighted by atomic mass is 32.2. The van der Waals surface area contributed by atoms with Crippen LogP contribution in [0.25, 0.3) is 0 Å². The van der Waals surface area contributed by atoms with Gasteiger partial charge in [0.25, 0.3) is 5.91 Å². The van der Waals surface area contributed by atoms with E-state index in [1.54, 1.807) is 4.90 Å². The summed E-state index contributed by atoms with van der Waals surface area (Å²) in [5, 5.41) is 2.87. The number of para-hydroxylation sites is 1. The second-order valence-corrected chi connectivity index (χ2v) is 9.49. The lowest BCUT2D eigenvalue weighted by Crippen LogP contribution is -2.50. The zero-order valence-corrected chi connectivity index (χ0v) is 19.2. The van der Waals surface area contributed by atoms with E-state index in [2.05, 4.69) is 5.32 Å². The molecule has 1 N–H and O–H groups in total. The topological polar surface area (TPSA) is 69.7 Å². The molecule has 3 aromatic carbocycles. The van der Waals surface area contributed by atoms with Crippen molar-refractivity contribution in [3.05, 3.63) is 89.5 Å². The minimum Gasteiger partial charge on any atom is -0.325 e. The van der Waals surface area contributed by atoms with Crippen molar-refractivity contribution in [2.45, 2.75) is 18.7 Å². The minimum absolute atomic E-state index is 0.125. The molecule has 3 aromatic rings. The molecule has 0 aromatic heterocycles. The van der Waals surface area contributed by atoms with Gasteiger partial charge in [-0.15, -0.1) is 11.8 Å². The van der Waals surface area contributed by atoms with Gasteiger partial charge in [-0.25, -0.2) is 0 Å².